The van der Waals surface area contributed by atoms with Gasteiger partial charge in [-0.3, -0.25) is 0 Å². The summed E-state index contributed by atoms with van der Waals surface area (Å²) in [4.78, 5) is 16.4. The molecular formula is C19H22N4O. The van der Waals surface area contributed by atoms with E-state index in [1.54, 1.807) is 17.0 Å². The molecule has 0 aliphatic carbocycles. The van der Waals surface area contributed by atoms with E-state index < -0.39 is 0 Å². The van der Waals surface area contributed by atoms with Crippen LogP contribution >= 0.6 is 0 Å². The first-order valence-corrected chi connectivity index (χ1v) is 7.83. The van der Waals surface area contributed by atoms with Crippen LogP contribution in [0.1, 0.15) is 11.1 Å². The summed E-state index contributed by atoms with van der Waals surface area (Å²) >= 11 is 0. The standard InChI is InChI=1S/C19H22N4O/c1-22(2)12-13-23(15-17-10-8-16(14-20)9-11-17)19(24)21-18-6-4-3-5-7-18/h3-11H,12-13,15H2,1-2H3,(H,21,24). The Bertz CT molecular complexity index is 690. The van der Waals surface area contributed by atoms with Crippen molar-refractivity contribution in [3.05, 3.63) is 65.7 Å². The van der Waals surface area contributed by atoms with Gasteiger partial charge < -0.3 is 15.1 Å². The van der Waals surface area contributed by atoms with Crippen LogP contribution in [-0.2, 0) is 6.54 Å². The van der Waals surface area contributed by atoms with Gasteiger partial charge in [0, 0.05) is 25.3 Å². The largest absolute Gasteiger partial charge is 0.322 e. The number of hydrogen-bond acceptors (Lipinski definition) is 3. The minimum Gasteiger partial charge on any atom is -0.319 e. The van der Waals surface area contributed by atoms with E-state index in [2.05, 4.69) is 11.4 Å². The van der Waals surface area contributed by atoms with Crippen molar-refractivity contribution in [2.24, 2.45) is 0 Å². The average molecular weight is 322 g/mol. The minimum atomic E-state index is -0.132. The number of rotatable bonds is 6. The second kappa shape index (κ2) is 8.70. The summed E-state index contributed by atoms with van der Waals surface area (Å²) in [6.07, 6.45) is 0. The van der Waals surface area contributed by atoms with Gasteiger partial charge in [-0.15, -0.1) is 0 Å². The van der Waals surface area contributed by atoms with Crippen LogP contribution in [0.4, 0.5) is 10.5 Å². The molecule has 5 nitrogen and oxygen atoms in total. The van der Waals surface area contributed by atoms with Crippen LogP contribution in [0.15, 0.2) is 54.6 Å². The molecular weight excluding hydrogens is 300 g/mol. The molecule has 124 valence electrons. The number of anilines is 1. The predicted molar refractivity (Wildman–Crippen MR) is 95.6 cm³/mol. The molecule has 0 saturated heterocycles. The molecule has 24 heavy (non-hydrogen) atoms. The van der Waals surface area contributed by atoms with Gasteiger partial charge in [0.05, 0.1) is 11.6 Å². The maximum Gasteiger partial charge on any atom is 0.322 e. The lowest BCUT2D eigenvalue weighted by molar-refractivity contribution is 0.202. The Morgan fingerprint density at radius 2 is 1.71 bits per heavy atom. The fourth-order valence-corrected chi connectivity index (χ4v) is 2.20. The van der Waals surface area contributed by atoms with Gasteiger partial charge in [-0.2, -0.15) is 5.26 Å². The number of nitrogens with zero attached hydrogens (tertiary/aromatic N) is 3. The lowest BCUT2D eigenvalue weighted by atomic mass is 10.1. The number of para-hydroxylation sites is 1. The Balaban J connectivity index is 2.07. The lowest BCUT2D eigenvalue weighted by Crippen LogP contribution is -2.39. The van der Waals surface area contributed by atoms with E-state index in [-0.39, 0.29) is 6.03 Å². The summed E-state index contributed by atoms with van der Waals surface area (Å²) in [7, 11) is 3.96. The zero-order valence-electron chi connectivity index (χ0n) is 14.1. The zero-order chi connectivity index (χ0) is 17.4. The normalized spacial score (nSPS) is 10.2. The maximum absolute atomic E-state index is 12.6. The molecule has 0 spiro atoms. The summed E-state index contributed by atoms with van der Waals surface area (Å²) in [5.74, 6) is 0. The van der Waals surface area contributed by atoms with Gasteiger partial charge in [0.25, 0.3) is 0 Å². The molecule has 2 aromatic carbocycles. The van der Waals surface area contributed by atoms with Gasteiger partial charge >= 0.3 is 6.03 Å². The van der Waals surface area contributed by atoms with Crippen molar-refractivity contribution in [1.82, 2.24) is 9.80 Å². The molecule has 0 fully saturated rings. The Morgan fingerprint density at radius 1 is 1.04 bits per heavy atom. The van der Waals surface area contributed by atoms with Crippen molar-refractivity contribution in [2.45, 2.75) is 6.54 Å². The van der Waals surface area contributed by atoms with Crippen LogP contribution in [0, 0.1) is 11.3 Å². The molecule has 0 bridgehead atoms. The molecule has 0 atom stereocenters. The van der Waals surface area contributed by atoms with Crippen LogP contribution in [0.25, 0.3) is 0 Å². The van der Waals surface area contributed by atoms with E-state index >= 15 is 0 Å². The Hall–Kier alpha value is -2.84. The van der Waals surface area contributed by atoms with Crippen LogP contribution in [0.2, 0.25) is 0 Å². The maximum atomic E-state index is 12.6. The number of amides is 2. The smallest absolute Gasteiger partial charge is 0.319 e. The SMILES string of the molecule is CN(C)CCN(Cc1ccc(C#N)cc1)C(=O)Nc1ccccc1. The summed E-state index contributed by atoms with van der Waals surface area (Å²) in [5, 5.41) is 11.8. The Kier molecular flexibility index (Phi) is 6.35. The third-order valence-electron chi connectivity index (χ3n) is 3.59. The second-order valence-electron chi connectivity index (χ2n) is 5.83. The van der Waals surface area contributed by atoms with E-state index in [9.17, 15) is 4.79 Å². The van der Waals surface area contributed by atoms with Crippen LogP contribution in [-0.4, -0.2) is 43.0 Å². The number of hydrogen-bond donors (Lipinski definition) is 1. The molecule has 0 unspecified atom stereocenters. The fourth-order valence-electron chi connectivity index (χ4n) is 2.20. The van der Waals surface area contributed by atoms with Crippen molar-refractivity contribution >= 4 is 11.7 Å². The van der Waals surface area contributed by atoms with E-state index in [1.165, 1.54) is 0 Å². The van der Waals surface area contributed by atoms with Crippen LogP contribution in [0.3, 0.4) is 0 Å². The molecule has 0 aromatic heterocycles. The van der Waals surface area contributed by atoms with Crippen molar-refractivity contribution < 1.29 is 4.79 Å². The molecule has 2 aromatic rings. The number of carbonyl (C=O) groups is 1. The molecule has 2 amide bonds. The highest BCUT2D eigenvalue weighted by Crippen LogP contribution is 2.11. The van der Waals surface area contributed by atoms with Gasteiger partial charge in [0.1, 0.15) is 0 Å². The van der Waals surface area contributed by atoms with Crippen molar-refractivity contribution in [3.63, 3.8) is 0 Å². The van der Waals surface area contributed by atoms with Gasteiger partial charge in [0.2, 0.25) is 0 Å². The van der Waals surface area contributed by atoms with Gasteiger partial charge in [-0.25, -0.2) is 4.79 Å². The molecule has 0 aliphatic heterocycles. The van der Waals surface area contributed by atoms with E-state index in [0.29, 0.717) is 18.7 Å². The first-order chi connectivity index (χ1) is 11.6. The predicted octanol–water partition coefficient (Wildman–Crippen LogP) is 3.15. The Labute approximate surface area is 143 Å². The zero-order valence-corrected chi connectivity index (χ0v) is 14.1. The average Bonchev–Trinajstić information content (AvgIpc) is 2.59. The van der Waals surface area contributed by atoms with Gasteiger partial charge in [0.15, 0.2) is 0 Å². The highest BCUT2D eigenvalue weighted by atomic mass is 16.2. The molecule has 0 saturated carbocycles. The van der Waals surface area contributed by atoms with E-state index in [1.807, 2.05) is 61.5 Å². The molecule has 1 N–H and O–H groups in total. The second-order valence-corrected chi connectivity index (χ2v) is 5.83. The first-order valence-electron chi connectivity index (χ1n) is 7.83. The molecule has 5 heteroatoms. The number of likely N-dealkylation sites (N-methyl/N-ethyl adjacent to an activating group) is 1. The Morgan fingerprint density at radius 3 is 2.29 bits per heavy atom. The third kappa shape index (κ3) is 5.41. The van der Waals surface area contributed by atoms with Crippen LogP contribution in [0.5, 0.6) is 0 Å². The summed E-state index contributed by atoms with van der Waals surface area (Å²) in [6, 6.07) is 18.7. The molecule has 0 heterocycles. The number of benzene rings is 2. The van der Waals surface area contributed by atoms with Gasteiger partial charge in [-0.05, 0) is 43.9 Å². The van der Waals surface area contributed by atoms with Crippen molar-refractivity contribution in [2.75, 3.05) is 32.5 Å². The van der Waals surface area contributed by atoms with Gasteiger partial charge in [-0.1, -0.05) is 30.3 Å². The van der Waals surface area contributed by atoms with E-state index in [4.69, 9.17) is 5.26 Å². The molecule has 2 rings (SSSR count). The fraction of sp³-hybridized carbons (Fsp3) is 0.263. The van der Waals surface area contributed by atoms with E-state index in [0.717, 1.165) is 17.8 Å². The topological polar surface area (TPSA) is 59.4 Å². The monoisotopic (exact) mass is 322 g/mol. The number of nitrogens with one attached hydrogen (secondary N) is 1. The third-order valence-corrected chi connectivity index (χ3v) is 3.59. The summed E-state index contributed by atoms with van der Waals surface area (Å²) < 4.78 is 0. The number of carbonyl (C=O) groups excluding carboxylic acids is 1. The summed E-state index contributed by atoms with van der Waals surface area (Å²) in [6.45, 7) is 1.89. The first kappa shape index (κ1) is 17.5. The quantitative estimate of drug-likeness (QED) is 0.889. The van der Waals surface area contributed by atoms with Crippen LogP contribution < -0.4 is 5.32 Å². The number of nitriles is 1. The molecule has 0 aliphatic rings. The van der Waals surface area contributed by atoms with Crippen molar-refractivity contribution in [1.29, 1.82) is 5.26 Å². The number of urea groups is 1. The minimum absolute atomic E-state index is 0.132. The molecule has 0 radical (unpaired) electrons. The highest BCUT2D eigenvalue weighted by molar-refractivity contribution is 5.89. The van der Waals surface area contributed by atoms with Crippen molar-refractivity contribution in [3.8, 4) is 6.07 Å². The lowest BCUT2D eigenvalue weighted by Gasteiger charge is -2.25. The highest BCUT2D eigenvalue weighted by Gasteiger charge is 2.14. The summed E-state index contributed by atoms with van der Waals surface area (Å²) in [5.41, 5.74) is 2.39.